The van der Waals surface area contributed by atoms with Crippen LogP contribution in [0.3, 0.4) is 0 Å². The van der Waals surface area contributed by atoms with Crippen LogP contribution in [0.25, 0.3) is 0 Å². The molecule has 0 radical (unpaired) electrons. The maximum atomic E-state index is 9.85. The normalized spacial score (nSPS) is 12.5. The lowest BCUT2D eigenvalue weighted by atomic mass is 10.1. The van der Waals surface area contributed by atoms with Crippen molar-refractivity contribution in [1.29, 1.82) is 0 Å². The summed E-state index contributed by atoms with van der Waals surface area (Å²) in [6, 6.07) is 6.39. The lowest BCUT2D eigenvalue weighted by Crippen LogP contribution is -2.36. The van der Waals surface area contributed by atoms with Gasteiger partial charge in [-0.2, -0.15) is 0 Å². The van der Waals surface area contributed by atoms with Crippen LogP contribution in [0.15, 0.2) is 18.2 Å². The third kappa shape index (κ3) is 4.36. The fraction of sp³-hybridized carbons (Fsp3) is 0.571. The van der Waals surface area contributed by atoms with E-state index in [0.29, 0.717) is 13.1 Å². The van der Waals surface area contributed by atoms with E-state index in [1.54, 1.807) is 0 Å². The van der Waals surface area contributed by atoms with Crippen molar-refractivity contribution in [1.82, 2.24) is 5.32 Å². The fourth-order valence-corrected chi connectivity index (χ4v) is 2.02. The highest BCUT2D eigenvalue weighted by molar-refractivity contribution is 5.53. The van der Waals surface area contributed by atoms with Crippen molar-refractivity contribution in [3.05, 3.63) is 29.3 Å². The Balaban J connectivity index is 2.60. The number of hydrogen-bond acceptors (Lipinski definition) is 3. The van der Waals surface area contributed by atoms with E-state index in [2.05, 4.69) is 42.3 Å². The van der Waals surface area contributed by atoms with Gasteiger partial charge in [0, 0.05) is 25.8 Å². The summed E-state index contributed by atoms with van der Waals surface area (Å²) in [7, 11) is 2.02. The van der Waals surface area contributed by atoms with Gasteiger partial charge in [-0.05, 0) is 32.0 Å². The van der Waals surface area contributed by atoms with Crippen LogP contribution in [-0.2, 0) is 0 Å². The summed E-state index contributed by atoms with van der Waals surface area (Å²) in [5.74, 6) is 0. The summed E-state index contributed by atoms with van der Waals surface area (Å²) in [6.45, 7) is 8.43. The Labute approximate surface area is 104 Å². The van der Waals surface area contributed by atoms with Gasteiger partial charge in [0.15, 0.2) is 0 Å². The van der Waals surface area contributed by atoms with Gasteiger partial charge in [-0.25, -0.2) is 0 Å². The lowest BCUT2D eigenvalue weighted by molar-refractivity contribution is 0.179. The smallest absolute Gasteiger partial charge is 0.0839 e. The average Bonchev–Trinajstić information content (AvgIpc) is 2.26. The monoisotopic (exact) mass is 236 g/mol. The van der Waals surface area contributed by atoms with Gasteiger partial charge in [0.2, 0.25) is 0 Å². The van der Waals surface area contributed by atoms with Crippen molar-refractivity contribution in [3.8, 4) is 0 Å². The second-order valence-corrected chi connectivity index (χ2v) is 4.63. The molecule has 0 aliphatic rings. The maximum Gasteiger partial charge on any atom is 0.0839 e. The predicted octanol–water partition coefficient (Wildman–Crippen LogP) is 1.71. The van der Waals surface area contributed by atoms with Crippen LogP contribution >= 0.6 is 0 Å². The Hall–Kier alpha value is -1.06. The number of nitrogens with one attached hydrogen (secondary N) is 1. The molecule has 1 aromatic rings. The van der Waals surface area contributed by atoms with Crippen molar-refractivity contribution < 1.29 is 5.11 Å². The molecule has 0 saturated heterocycles. The summed E-state index contributed by atoms with van der Waals surface area (Å²) in [6.07, 6.45) is -0.333. The van der Waals surface area contributed by atoms with Crippen molar-refractivity contribution in [2.45, 2.75) is 26.9 Å². The molecule has 0 saturated carbocycles. The summed E-state index contributed by atoms with van der Waals surface area (Å²) in [5, 5.41) is 13.0. The Kier molecular flexibility index (Phi) is 5.45. The largest absolute Gasteiger partial charge is 0.390 e. The van der Waals surface area contributed by atoms with Gasteiger partial charge in [-0.1, -0.05) is 24.6 Å². The van der Waals surface area contributed by atoms with E-state index in [-0.39, 0.29) is 6.10 Å². The molecule has 1 unspecified atom stereocenters. The predicted molar refractivity (Wildman–Crippen MR) is 73.7 cm³/mol. The molecule has 1 rings (SSSR count). The van der Waals surface area contributed by atoms with Crippen LogP contribution in [0, 0.1) is 13.8 Å². The minimum atomic E-state index is -0.333. The van der Waals surface area contributed by atoms with Crippen molar-refractivity contribution >= 4 is 5.69 Å². The molecule has 2 N–H and O–H groups in total. The SMILES string of the molecule is CCNCC(O)CN(C)c1ccc(C)cc1C. The van der Waals surface area contributed by atoms with Crippen LogP contribution in [0.1, 0.15) is 18.1 Å². The molecule has 17 heavy (non-hydrogen) atoms. The molecule has 0 spiro atoms. The molecule has 0 bridgehead atoms. The number of nitrogens with zero attached hydrogens (tertiary/aromatic N) is 1. The van der Waals surface area contributed by atoms with E-state index in [0.717, 1.165) is 6.54 Å². The zero-order chi connectivity index (χ0) is 12.8. The first-order chi connectivity index (χ1) is 8.04. The molecule has 0 aliphatic heterocycles. The molecule has 1 aromatic carbocycles. The highest BCUT2D eigenvalue weighted by atomic mass is 16.3. The van der Waals surface area contributed by atoms with E-state index < -0.39 is 0 Å². The van der Waals surface area contributed by atoms with Gasteiger partial charge >= 0.3 is 0 Å². The van der Waals surface area contributed by atoms with E-state index in [9.17, 15) is 5.11 Å². The molecule has 0 aromatic heterocycles. The molecule has 3 nitrogen and oxygen atoms in total. The third-order valence-electron chi connectivity index (χ3n) is 2.88. The van der Waals surface area contributed by atoms with Gasteiger partial charge in [0.05, 0.1) is 6.10 Å². The highest BCUT2D eigenvalue weighted by Crippen LogP contribution is 2.19. The molecule has 1 atom stereocenters. The third-order valence-corrected chi connectivity index (χ3v) is 2.88. The first-order valence-corrected chi connectivity index (χ1v) is 6.21. The molecule has 0 heterocycles. The zero-order valence-electron chi connectivity index (χ0n) is 11.3. The van der Waals surface area contributed by atoms with E-state index in [1.807, 2.05) is 14.0 Å². The van der Waals surface area contributed by atoms with Crippen molar-refractivity contribution in [2.24, 2.45) is 0 Å². The number of aryl methyl sites for hydroxylation is 2. The number of anilines is 1. The van der Waals surface area contributed by atoms with Crippen molar-refractivity contribution in [3.63, 3.8) is 0 Å². The number of aliphatic hydroxyl groups is 1. The quantitative estimate of drug-likeness (QED) is 0.789. The number of benzene rings is 1. The summed E-state index contributed by atoms with van der Waals surface area (Å²) >= 11 is 0. The first-order valence-electron chi connectivity index (χ1n) is 6.21. The van der Waals surface area contributed by atoms with Gasteiger partial charge in [0.1, 0.15) is 0 Å². The van der Waals surface area contributed by atoms with E-state index in [1.165, 1.54) is 16.8 Å². The molecule has 0 amide bonds. The summed E-state index contributed by atoms with van der Waals surface area (Å²) in [5.41, 5.74) is 3.71. The Morgan fingerprint density at radius 2 is 2.06 bits per heavy atom. The van der Waals surface area contributed by atoms with Crippen molar-refractivity contribution in [2.75, 3.05) is 31.6 Å². The summed E-state index contributed by atoms with van der Waals surface area (Å²) < 4.78 is 0. The van der Waals surface area contributed by atoms with Crippen LogP contribution in [0.5, 0.6) is 0 Å². The fourth-order valence-electron chi connectivity index (χ4n) is 2.02. The molecule has 96 valence electrons. The molecular weight excluding hydrogens is 212 g/mol. The van der Waals surface area contributed by atoms with E-state index >= 15 is 0 Å². The number of likely N-dealkylation sites (N-methyl/N-ethyl adjacent to an activating group) is 2. The van der Waals surface area contributed by atoms with Gasteiger partial charge < -0.3 is 15.3 Å². The van der Waals surface area contributed by atoms with Crippen LogP contribution < -0.4 is 10.2 Å². The van der Waals surface area contributed by atoms with Crippen LogP contribution in [0.2, 0.25) is 0 Å². The highest BCUT2D eigenvalue weighted by Gasteiger charge is 2.10. The average molecular weight is 236 g/mol. The van der Waals surface area contributed by atoms with Gasteiger partial charge in [0.25, 0.3) is 0 Å². The first kappa shape index (κ1) is 14.0. The Bertz CT molecular complexity index is 352. The lowest BCUT2D eigenvalue weighted by Gasteiger charge is -2.24. The molecule has 0 fully saturated rings. The zero-order valence-corrected chi connectivity index (χ0v) is 11.3. The van der Waals surface area contributed by atoms with E-state index in [4.69, 9.17) is 0 Å². The van der Waals surface area contributed by atoms with Crippen LogP contribution in [-0.4, -0.2) is 37.9 Å². The Morgan fingerprint density at radius 3 is 2.65 bits per heavy atom. The maximum absolute atomic E-state index is 9.85. The minimum absolute atomic E-state index is 0.333. The number of hydrogen-bond donors (Lipinski definition) is 2. The standard InChI is InChI=1S/C14H24N2O/c1-5-15-9-13(17)10-16(4)14-7-6-11(2)8-12(14)3/h6-8,13,15,17H,5,9-10H2,1-4H3. The number of rotatable bonds is 6. The second kappa shape index (κ2) is 6.62. The molecule has 0 aliphatic carbocycles. The Morgan fingerprint density at radius 1 is 1.35 bits per heavy atom. The van der Waals surface area contributed by atoms with Gasteiger partial charge in [-0.3, -0.25) is 0 Å². The second-order valence-electron chi connectivity index (χ2n) is 4.63. The topological polar surface area (TPSA) is 35.5 Å². The van der Waals surface area contributed by atoms with Crippen LogP contribution in [0.4, 0.5) is 5.69 Å². The molecule has 3 heteroatoms. The molecular formula is C14H24N2O. The number of aliphatic hydroxyl groups excluding tert-OH is 1. The minimum Gasteiger partial charge on any atom is -0.390 e. The van der Waals surface area contributed by atoms with Gasteiger partial charge in [-0.15, -0.1) is 0 Å². The summed E-state index contributed by atoms with van der Waals surface area (Å²) in [4.78, 5) is 2.11.